The van der Waals surface area contributed by atoms with Crippen LogP contribution in [-0.2, 0) is 28.4 Å². The predicted molar refractivity (Wildman–Crippen MR) is 81.3 cm³/mol. The van der Waals surface area contributed by atoms with Gasteiger partial charge in [-0.1, -0.05) is 0 Å². The maximum absolute atomic E-state index is 12.9. The second-order valence-corrected chi connectivity index (χ2v) is 7.56. The summed E-state index contributed by atoms with van der Waals surface area (Å²) >= 11 is 0. The van der Waals surface area contributed by atoms with Crippen molar-refractivity contribution in [1.82, 2.24) is 8.87 Å². The van der Waals surface area contributed by atoms with Gasteiger partial charge in [-0.3, -0.25) is 0 Å². The zero-order valence-corrected chi connectivity index (χ0v) is 13.8. The summed E-state index contributed by atoms with van der Waals surface area (Å²) in [5.41, 5.74) is 6.44. The summed E-state index contributed by atoms with van der Waals surface area (Å²) < 4.78 is 34.2. The molecule has 21 heavy (non-hydrogen) atoms. The van der Waals surface area contributed by atoms with Crippen LogP contribution in [0.5, 0.6) is 0 Å². The van der Waals surface area contributed by atoms with E-state index in [4.69, 9.17) is 10.5 Å². The van der Waals surface area contributed by atoms with Crippen molar-refractivity contribution >= 4 is 10.0 Å². The summed E-state index contributed by atoms with van der Waals surface area (Å²) in [6, 6.07) is 1.67. The van der Waals surface area contributed by atoms with Crippen molar-refractivity contribution in [3.8, 4) is 0 Å². The fraction of sp³-hybridized carbons (Fsp3) is 0.714. The molecule has 0 aliphatic heterocycles. The first kappa shape index (κ1) is 16.5. The number of hydrogen-bond acceptors (Lipinski definition) is 4. The van der Waals surface area contributed by atoms with Crippen LogP contribution in [0.25, 0.3) is 0 Å². The molecule has 0 spiro atoms. The molecule has 1 aromatic heterocycles. The molecule has 0 saturated heterocycles. The molecular formula is C14H25N3O3S. The summed E-state index contributed by atoms with van der Waals surface area (Å²) in [5, 5.41) is 0. The van der Waals surface area contributed by atoms with Gasteiger partial charge in [0, 0.05) is 45.2 Å². The van der Waals surface area contributed by atoms with E-state index in [2.05, 4.69) is 0 Å². The molecule has 1 unspecified atom stereocenters. The molecule has 1 aliphatic carbocycles. The summed E-state index contributed by atoms with van der Waals surface area (Å²) in [6.45, 7) is 3.08. The lowest BCUT2D eigenvalue weighted by atomic mass is 10.2. The van der Waals surface area contributed by atoms with E-state index >= 15 is 0 Å². The fourth-order valence-corrected chi connectivity index (χ4v) is 4.37. The highest BCUT2D eigenvalue weighted by atomic mass is 32.2. The lowest BCUT2D eigenvalue weighted by molar-refractivity contribution is 0.164. The number of nitrogens with two attached hydrogens (primary N) is 1. The third-order valence-electron chi connectivity index (χ3n) is 4.17. The quantitative estimate of drug-likeness (QED) is 0.774. The third kappa shape index (κ3) is 3.48. The Balaban J connectivity index is 2.30. The normalized spacial score (nSPS) is 17.4. The van der Waals surface area contributed by atoms with Crippen molar-refractivity contribution in [3.05, 3.63) is 18.0 Å². The van der Waals surface area contributed by atoms with Gasteiger partial charge in [-0.2, -0.15) is 4.31 Å². The van der Waals surface area contributed by atoms with Crippen molar-refractivity contribution in [1.29, 1.82) is 0 Å². The Kier molecular flexibility index (Phi) is 5.08. The van der Waals surface area contributed by atoms with E-state index in [-0.39, 0.29) is 6.04 Å². The zero-order valence-electron chi connectivity index (χ0n) is 12.9. The molecule has 2 N–H and O–H groups in total. The molecule has 1 fully saturated rings. The fourth-order valence-electron chi connectivity index (χ4n) is 2.59. The highest BCUT2D eigenvalue weighted by molar-refractivity contribution is 7.89. The molecule has 1 aromatic rings. The largest absolute Gasteiger partial charge is 0.383 e. The van der Waals surface area contributed by atoms with Gasteiger partial charge in [0.25, 0.3) is 0 Å². The first-order valence-electron chi connectivity index (χ1n) is 7.28. The maximum atomic E-state index is 12.9. The summed E-state index contributed by atoms with van der Waals surface area (Å²) in [6.07, 6.45) is 3.84. The third-order valence-corrected chi connectivity index (χ3v) is 6.12. The minimum atomic E-state index is -3.51. The predicted octanol–water partition coefficient (Wildman–Crippen LogP) is 0.919. The number of methoxy groups -OCH3 is 1. The Bertz CT molecular complexity index is 578. The molecule has 6 nitrogen and oxygen atoms in total. The molecule has 0 aromatic carbocycles. The summed E-state index contributed by atoms with van der Waals surface area (Å²) in [7, 11) is -0.117. The van der Waals surface area contributed by atoms with Gasteiger partial charge in [0.2, 0.25) is 10.0 Å². The molecule has 1 aliphatic rings. The molecule has 0 amide bonds. The number of rotatable bonds is 8. The average molecular weight is 315 g/mol. The number of sulfonamides is 1. The van der Waals surface area contributed by atoms with Crippen LogP contribution in [0, 0.1) is 5.92 Å². The number of nitrogens with zero attached hydrogens (tertiary/aromatic N) is 2. The first-order valence-corrected chi connectivity index (χ1v) is 8.72. The van der Waals surface area contributed by atoms with E-state index in [1.54, 1.807) is 28.2 Å². The topological polar surface area (TPSA) is 77.6 Å². The minimum absolute atomic E-state index is 0.00619. The van der Waals surface area contributed by atoms with Crippen LogP contribution >= 0.6 is 0 Å². The van der Waals surface area contributed by atoms with Crippen molar-refractivity contribution in [2.24, 2.45) is 18.7 Å². The monoisotopic (exact) mass is 315 g/mol. The highest BCUT2D eigenvalue weighted by Gasteiger charge is 2.38. The van der Waals surface area contributed by atoms with Crippen LogP contribution in [-0.4, -0.2) is 43.6 Å². The van der Waals surface area contributed by atoms with Crippen LogP contribution in [0.15, 0.2) is 17.2 Å². The van der Waals surface area contributed by atoms with E-state index in [0.717, 1.165) is 18.5 Å². The Hall–Kier alpha value is -0.890. The van der Waals surface area contributed by atoms with Crippen LogP contribution in [0.2, 0.25) is 0 Å². The first-order chi connectivity index (χ1) is 9.91. The summed E-state index contributed by atoms with van der Waals surface area (Å²) in [4.78, 5) is 0.314. The highest BCUT2D eigenvalue weighted by Crippen LogP contribution is 2.37. The van der Waals surface area contributed by atoms with Gasteiger partial charge < -0.3 is 15.0 Å². The second kappa shape index (κ2) is 6.48. The van der Waals surface area contributed by atoms with Gasteiger partial charge >= 0.3 is 0 Å². The van der Waals surface area contributed by atoms with Gasteiger partial charge in [0.1, 0.15) is 4.90 Å². The Morgan fingerprint density at radius 2 is 2.19 bits per heavy atom. The maximum Gasteiger partial charge on any atom is 0.244 e. The van der Waals surface area contributed by atoms with Gasteiger partial charge in [-0.25, -0.2) is 8.42 Å². The standard InChI is InChI=1S/C14H25N3O3S/c1-11(12-4-5-12)17(6-7-20-3)21(18,19)14-8-13(9-15)16(2)10-14/h8,10-12H,4-7,9,15H2,1-3H3. The number of ether oxygens (including phenoxy) is 1. The molecule has 120 valence electrons. The molecular weight excluding hydrogens is 290 g/mol. The van der Waals surface area contributed by atoms with E-state index in [0.29, 0.717) is 30.5 Å². The number of aromatic nitrogens is 1. The minimum Gasteiger partial charge on any atom is -0.383 e. The lowest BCUT2D eigenvalue weighted by Crippen LogP contribution is -2.41. The Morgan fingerprint density at radius 3 is 2.67 bits per heavy atom. The molecule has 1 atom stereocenters. The molecule has 0 radical (unpaired) electrons. The van der Waals surface area contributed by atoms with E-state index in [1.165, 1.54) is 0 Å². The summed E-state index contributed by atoms with van der Waals surface area (Å²) in [5.74, 6) is 0.467. The van der Waals surface area contributed by atoms with Gasteiger partial charge in [0.15, 0.2) is 0 Å². The smallest absolute Gasteiger partial charge is 0.244 e. The van der Waals surface area contributed by atoms with E-state index in [9.17, 15) is 8.42 Å². The van der Waals surface area contributed by atoms with Crippen LogP contribution < -0.4 is 5.73 Å². The molecule has 7 heteroatoms. The van der Waals surface area contributed by atoms with Crippen molar-refractivity contribution in [2.45, 2.75) is 37.2 Å². The van der Waals surface area contributed by atoms with Crippen LogP contribution in [0.4, 0.5) is 0 Å². The molecule has 0 bridgehead atoms. The molecule has 1 saturated carbocycles. The van der Waals surface area contributed by atoms with Crippen LogP contribution in [0.3, 0.4) is 0 Å². The SMILES string of the molecule is COCCN(C(C)C1CC1)S(=O)(=O)c1cc(CN)n(C)c1. The Labute approximate surface area is 126 Å². The lowest BCUT2D eigenvalue weighted by Gasteiger charge is -2.27. The molecule has 1 heterocycles. The van der Waals surface area contributed by atoms with Crippen molar-refractivity contribution < 1.29 is 13.2 Å². The van der Waals surface area contributed by atoms with E-state index < -0.39 is 10.0 Å². The van der Waals surface area contributed by atoms with Crippen molar-refractivity contribution in [3.63, 3.8) is 0 Å². The zero-order chi connectivity index (χ0) is 15.6. The van der Waals surface area contributed by atoms with Gasteiger partial charge in [0.05, 0.1) is 6.61 Å². The number of aryl methyl sites for hydroxylation is 1. The molecule has 2 rings (SSSR count). The number of hydrogen-bond donors (Lipinski definition) is 1. The van der Waals surface area contributed by atoms with Gasteiger partial charge in [-0.15, -0.1) is 0 Å². The van der Waals surface area contributed by atoms with Gasteiger partial charge in [-0.05, 0) is 31.7 Å². The second-order valence-electron chi connectivity index (χ2n) is 5.67. The van der Waals surface area contributed by atoms with Crippen molar-refractivity contribution in [2.75, 3.05) is 20.3 Å². The average Bonchev–Trinajstić information content (AvgIpc) is 3.21. The Morgan fingerprint density at radius 1 is 1.52 bits per heavy atom. The van der Waals surface area contributed by atoms with Crippen LogP contribution in [0.1, 0.15) is 25.5 Å². The van der Waals surface area contributed by atoms with E-state index in [1.807, 2.05) is 14.0 Å².